The van der Waals surface area contributed by atoms with E-state index in [9.17, 15) is 4.79 Å². The Labute approximate surface area is 159 Å². The number of rotatable bonds is 5. The molecule has 0 atom stereocenters. The molecule has 0 unspecified atom stereocenters. The molecule has 0 aliphatic heterocycles. The van der Waals surface area contributed by atoms with Crippen LogP contribution in [0.25, 0.3) is 0 Å². The van der Waals surface area contributed by atoms with Gasteiger partial charge in [0.1, 0.15) is 0 Å². The molecule has 0 N–H and O–H groups in total. The number of carbonyl (C=O) groups excluding carboxylic acids is 1. The maximum absolute atomic E-state index is 12.2. The van der Waals surface area contributed by atoms with E-state index in [1.807, 2.05) is 24.3 Å². The van der Waals surface area contributed by atoms with E-state index in [1.54, 1.807) is 36.5 Å². The lowest BCUT2D eigenvalue weighted by atomic mass is 10.2. The fraction of sp³-hybridized carbons (Fsp3) is 0.0500. The van der Waals surface area contributed by atoms with Crippen LogP contribution in [0.1, 0.15) is 15.9 Å². The first-order chi connectivity index (χ1) is 12.7. The van der Waals surface area contributed by atoms with E-state index in [2.05, 4.69) is 25.9 Å². The third-order valence-corrected chi connectivity index (χ3v) is 4.02. The average Bonchev–Trinajstić information content (AvgIpc) is 2.69. The fourth-order valence-corrected chi connectivity index (χ4v) is 2.44. The van der Waals surface area contributed by atoms with Crippen molar-refractivity contribution < 1.29 is 14.3 Å². The Bertz CT molecular complexity index is 926. The van der Waals surface area contributed by atoms with Crippen LogP contribution in [0.5, 0.6) is 11.5 Å². The summed E-state index contributed by atoms with van der Waals surface area (Å²) >= 11 is 3.39. The highest BCUT2D eigenvalue weighted by Gasteiger charge is 2.12. The van der Waals surface area contributed by atoms with E-state index in [0.717, 1.165) is 15.7 Å². The van der Waals surface area contributed by atoms with Crippen LogP contribution < -0.4 is 9.47 Å². The summed E-state index contributed by atoms with van der Waals surface area (Å²) in [5, 5.41) is 0. The van der Waals surface area contributed by atoms with Crippen LogP contribution in [0.4, 0.5) is 5.69 Å². The number of aliphatic imine (C=N–C) groups is 1. The van der Waals surface area contributed by atoms with Gasteiger partial charge in [-0.1, -0.05) is 15.9 Å². The Morgan fingerprint density at radius 2 is 1.77 bits per heavy atom. The molecule has 26 heavy (non-hydrogen) atoms. The van der Waals surface area contributed by atoms with E-state index in [4.69, 9.17) is 9.47 Å². The number of halogens is 1. The van der Waals surface area contributed by atoms with Gasteiger partial charge in [-0.3, -0.25) is 9.98 Å². The topological polar surface area (TPSA) is 60.8 Å². The van der Waals surface area contributed by atoms with Crippen molar-refractivity contribution in [3.8, 4) is 11.5 Å². The molecule has 0 spiro atoms. The average molecular weight is 411 g/mol. The lowest BCUT2D eigenvalue weighted by Gasteiger charge is -2.09. The Morgan fingerprint density at radius 3 is 2.46 bits per heavy atom. The van der Waals surface area contributed by atoms with Crippen molar-refractivity contribution in [2.75, 3.05) is 7.11 Å². The van der Waals surface area contributed by atoms with E-state index >= 15 is 0 Å². The normalized spacial score (nSPS) is 10.7. The second-order valence-corrected chi connectivity index (χ2v) is 6.19. The summed E-state index contributed by atoms with van der Waals surface area (Å²) in [5.74, 6) is 0.323. The van der Waals surface area contributed by atoms with Crippen LogP contribution in [0, 0.1) is 0 Å². The number of carbonyl (C=O) groups is 1. The first-order valence-electron chi connectivity index (χ1n) is 7.75. The molecule has 0 fully saturated rings. The molecular formula is C20H15BrN2O3. The van der Waals surface area contributed by atoms with Gasteiger partial charge in [-0.15, -0.1) is 0 Å². The third-order valence-electron chi connectivity index (χ3n) is 3.50. The SMILES string of the molecule is COc1cc(C=Nc2ccc(Br)cc2)ccc1OC(=O)c1ccncc1. The van der Waals surface area contributed by atoms with Gasteiger partial charge in [-0.25, -0.2) is 4.79 Å². The first-order valence-corrected chi connectivity index (χ1v) is 8.55. The minimum atomic E-state index is -0.470. The zero-order valence-electron chi connectivity index (χ0n) is 13.9. The summed E-state index contributed by atoms with van der Waals surface area (Å²) in [6, 6.07) is 16.1. The molecule has 0 aliphatic carbocycles. The van der Waals surface area contributed by atoms with E-state index < -0.39 is 5.97 Å². The van der Waals surface area contributed by atoms with Crippen LogP contribution in [0.3, 0.4) is 0 Å². The fourth-order valence-electron chi connectivity index (χ4n) is 2.17. The standard InChI is InChI=1S/C20H15BrN2O3/c1-25-19-12-14(13-23-17-5-3-16(21)4-6-17)2-7-18(19)26-20(24)15-8-10-22-11-9-15/h2-13H,1H3. The summed E-state index contributed by atoms with van der Waals surface area (Å²) in [5.41, 5.74) is 2.08. The number of esters is 1. The number of pyridine rings is 1. The lowest BCUT2D eigenvalue weighted by molar-refractivity contribution is 0.0729. The van der Waals surface area contributed by atoms with E-state index in [0.29, 0.717) is 17.1 Å². The van der Waals surface area contributed by atoms with E-state index in [-0.39, 0.29) is 0 Å². The highest BCUT2D eigenvalue weighted by atomic mass is 79.9. The van der Waals surface area contributed by atoms with Crippen LogP contribution in [0.15, 0.2) is 76.5 Å². The van der Waals surface area contributed by atoms with Gasteiger partial charge in [0.25, 0.3) is 0 Å². The van der Waals surface area contributed by atoms with E-state index in [1.165, 1.54) is 19.5 Å². The Hall–Kier alpha value is -2.99. The molecule has 3 aromatic rings. The van der Waals surface area contributed by atoms with Gasteiger partial charge in [0.2, 0.25) is 0 Å². The predicted molar refractivity (Wildman–Crippen MR) is 104 cm³/mol. The summed E-state index contributed by atoms with van der Waals surface area (Å²) < 4.78 is 11.7. The maximum atomic E-state index is 12.2. The lowest BCUT2D eigenvalue weighted by Crippen LogP contribution is -2.09. The molecule has 3 rings (SSSR count). The second-order valence-electron chi connectivity index (χ2n) is 5.27. The molecule has 5 nitrogen and oxygen atoms in total. The number of nitrogens with zero attached hydrogens (tertiary/aromatic N) is 2. The number of methoxy groups -OCH3 is 1. The quantitative estimate of drug-likeness (QED) is 0.343. The zero-order chi connectivity index (χ0) is 18.4. The monoisotopic (exact) mass is 410 g/mol. The summed E-state index contributed by atoms with van der Waals surface area (Å²) in [7, 11) is 1.52. The first kappa shape index (κ1) is 17.8. The molecule has 2 aromatic carbocycles. The van der Waals surface area contributed by atoms with Gasteiger partial charge >= 0.3 is 5.97 Å². The van der Waals surface area contributed by atoms with Gasteiger partial charge in [-0.2, -0.15) is 0 Å². The summed E-state index contributed by atoms with van der Waals surface area (Å²) in [6.45, 7) is 0. The van der Waals surface area contributed by atoms with Crippen LogP contribution >= 0.6 is 15.9 Å². The molecule has 0 aliphatic rings. The summed E-state index contributed by atoms with van der Waals surface area (Å²) in [6.07, 6.45) is 4.80. The highest BCUT2D eigenvalue weighted by Crippen LogP contribution is 2.28. The third kappa shape index (κ3) is 4.55. The molecule has 6 heteroatoms. The van der Waals surface area contributed by atoms with Gasteiger partial charge in [0.05, 0.1) is 18.4 Å². The Kier molecular flexibility index (Phi) is 5.76. The number of benzene rings is 2. The van der Waals surface area contributed by atoms with Crippen molar-refractivity contribution in [1.29, 1.82) is 0 Å². The van der Waals surface area contributed by atoms with Gasteiger partial charge in [0.15, 0.2) is 11.5 Å². The van der Waals surface area contributed by atoms with Gasteiger partial charge in [0, 0.05) is 23.1 Å². The van der Waals surface area contributed by atoms with Crippen molar-refractivity contribution in [2.45, 2.75) is 0 Å². The minimum Gasteiger partial charge on any atom is -0.493 e. The number of ether oxygens (including phenoxy) is 2. The largest absolute Gasteiger partial charge is 0.493 e. The van der Waals surface area contributed by atoms with Crippen LogP contribution in [0.2, 0.25) is 0 Å². The molecule has 0 radical (unpaired) electrons. The number of hydrogen-bond acceptors (Lipinski definition) is 5. The molecule has 0 amide bonds. The van der Waals surface area contributed by atoms with Crippen molar-refractivity contribution in [2.24, 2.45) is 4.99 Å². The van der Waals surface area contributed by atoms with Crippen molar-refractivity contribution in [1.82, 2.24) is 4.98 Å². The smallest absolute Gasteiger partial charge is 0.343 e. The van der Waals surface area contributed by atoms with Gasteiger partial charge < -0.3 is 9.47 Å². The zero-order valence-corrected chi connectivity index (χ0v) is 15.5. The van der Waals surface area contributed by atoms with Crippen LogP contribution in [-0.2, 0) is 0 Å². The molecule has 0 bridgehead atoms. The summed E-state index contributed by atoms with van der Waals surface area (Å²) in [4.78, 5) is 20.5. The number of hydrogen-bond donors (Lipinski definition) is 0. The van der Waals surface area contributed by atoms with Crippen molar-refractivity contribution >= 4 is 33.8 Å². The molecule has 1 aromatic heterocycles. The number of aromatic nitrogens is 1. The van der Waals surface area contributed by atoms with Crippen molar-refractivity contribution in [3.05, 3.63) is 82.6 Å². The maximum Gasteiger partial charge on any atom is 0.343 e. The molecule has 0 saturated heterocycles. The van der Waals surface area contributed by atoms with Gasteiger partial charge in [-0.05, 0) is 60.2 Å². The second kappa shape index (κ2) is 8.40. The highest BCUT2D eigenvalue weighted by molar-refractivity contribution is 9.10. The van der Waals surface area contributed by atoms with Crippen molar-refractivity contribution in [3.63, 3.8) is 0 Å². The predicted octanol–water partition coefficient (Wildman–Crippen LogP) is 4.82. The minimum absolute atomic E-state index is 0.343. The molecular weight excluding hydrogens is 396 g/mol. The van der Waals surface area contributed by atoms with Crippen LogP contribution in [-0.4, -0.2) is 24.3 Å². The Balaban J connectivity index is 1.77. The Morgan fingerprint density at radius 1 is 1.04 bits per heavy atom. The molecule has 1 heterocycles. The molecule has 0 saturated carbocycles. The molecule has 130 valence electrons.